The maximum atomic E-state index is 14.7. The second-order valence-electron chi connectivity index (χ2n) is 6.38. The third-order valence-electron chi connectivity index (χ3n) is 4.35. The van der Waals surface area contributed by atoms with Gasteiger partial charge < -0.3 is 4.74 Å². The van der Waals surface area contributed by atoms with Gasteiger partial charge >= 0.3 is 6.36 Å². The Morgan fingerprint density at radius 3 is 2.44 bits per heavy atom. The summed E-state index contributed by atoms with van der Waals surface area (Å²) in [6.45, 7) is 2.12. The summed E-state index contributed by atoms with van der Waals surface area (Å²) in [6.07, 6.45) is 0.789. The van der Waals surface area contributed by atoms with Gasteiger partial charge in [0.15, 0.2) is 0 Å². The average molecular weight is 374 g/mol. The van der Waals surface area contributed by atoms with Crippen molar-refractivity contribution in [3.8, 4) is 17.6 Å². The molecule has 1 nitrogen and oxygen atoms in total. The quantitative estimate of drug-likeness (QED) is 0.366. The third-order valence-corrected chi connectivity index (χ3v) is 4.35. The van der Waals surface area contributed by atoms with Crippen molar-refractivity contribution >= 4 is 0 Å². The summed E-state index contributed by atoms with van der Waals surface area (Å²) < 4.78 is 55.1. The van der Waals surface area contributed by atoms with Crippen LogP contribution in [0.3, 0.4) is 0 Å². The lowest BCUT2D eigenvalue weighted by molar-refractivity contribution is -0.274. The number of ether oxygens (including phenoxy) is 1. The molecule has 5 heteroatoms. The molecular weight excluding hydrogens is 356 g/mol. The zero-order valence-corrected chi connectivity index (χ0v) is 14.8. The minimum absolute atomic E-state index is 0.289. The summed E-state index contributed by atoms with van der Waals surface area (Å²) in [4.78, 5) is 0. The Balaban J connectivity index is 1.77. The predicted molar refractivity (Wildman–Crippen MR) is 95.9 cm³/mol. The summed E-state index contributed by atoms with van der Waals surface area (Å²) >= 11 is 0. The van der Waals surface area contributed by atoms with E-state index in [1.165, 1.54) is 29.8 Å². The fourth-order valence-corrected chi connectivity index (χ4v) is 3.10. The maximum absolute atomic E-state index is 14.7. The van der Waals surface area contributed by atoms with Crippen LogP contribution >= 0.6 is 0 Å². The predicted octanol–water partition coefficient (Wildman–Crippen LogP) is 5.95. The van der Waals surface area contributed by atoms with Gasteiger partial charge in [0.1, 0.15) is 11.6 Å². The van der Waals surface area contributed by atoms with Crippen LogP contribution in [0.5, 0.6) is 5.75 Å². The van der Waals surface area contributed by atoms with Crippen LogP contribution in [0.4, 0.5) is 17.6 Å². The molecule has 1 aliphatic rings. The molecular formula is C22H18F4O. The molecule has 0 N–H and O–H groups in total. The largest absolute Gasteiger partial charge is 0.573 e. The Bertz CT molecular complexity index is 912. The van der Waals surface area contributed by atoms with Gasteiger partial charge in [-0.25, -0.2) is 4.39 Å². The van der Waals surface area contributed by atoms with Gasteiger partial charge in [-0.15, -0.1) is 13.2 Å². The molecule has 0 amide bonds. The molecule has 0 atom stereocenters. The van der Waals surface area contributed by atoms with E-state index in [1.54, 1.807) is 6.07 Å². The van der Waals surface area contributed by atoms with E-state index in [-0.39, 0.29) is 17.1 Å². The van der Waals surface area contributed by atoms with Gasteiger partial charge in [-0.2, -0.15) is 0 Å². The third kappa shape index (κ3) is 4.91. The van der Waals surface area contributed by atoms with Crippen LogP contribution < -0.4 is 4.74 Å². The second kappa shape index (κ2) is 7.87. The molecule has 3 rings (SSSR count). The highest BCUT2D eigenvalue weighted by Gasteiger charge is 2.30. The van der Waals surface area contributed by atoms with Gasteiger partial charge in [-0.05, 0) is 60.7 Å². The monoisotopic (exact) mass is 374 g/mol. The highest BCUT2D eigenvalue weighted by molar-refractivity contribution is 5.49. The Morgan fingerprint density at radius 2 is 1.78 bits per heavy atom. The molecule has 0 heterocycles. The Kier molecular flexibility index (Phi) is 5.55. The lowest BCUT2D eigenvalue weighted by atomic mass is 9.88. The van der Waals surface area contributed by atoms with Gasteiger partial charge in [0.25, 0.3) is 0 Å². The van der Waals surface area contributed by atoms with Crippen LogP contribution in [-0.4, -0.2) is 6.36 Å². The summed E-state index contributed by atoms with van der Waals surface area (Å²) in [6, 6.07) is 8.75. The second-order valence-corrected chi connectivity index (χ2v) is 6.38. The van der Waals surface area contributed by atoms with E-state index in [2.05, 4.69) is 29.6 Å². The van der Waals surface area contributed by atoms with Crippen LogP contribution in [-0.2, 0) is 12.8 Å². The number of rotatable bonds is 3. The van der Waals surface area contributed by atoms with Crippen LogP contribution in [0.25, 0.3) is 0 Å². The van der Waals surface area contributed by atoms with Crippen LogP contribution in [0.2, 0.25) is 0 Å². The van der Waals surface area contributed by atoms with Crippen molar-refractivity contribution in [2.45, 2.75) is 39.0 Å². The molecule has 0 bridgehead atoms. The van der Waals surface area contributed by atoms with E-state index in [0.29, 0.717) is 17.5 Å². The number of hydrogen-bond acceptors (Lipinski definition) is 1. The Labute approximate surface area is 155 Å². The van der Waals surface area contributed by atoms with E-state index in [4.69, 9.17) is 0 Å². The van der Waals surface area contributed by atoms with Gasteiger partial charge in [-0.3, -0.25) is 0 Å². The van der Waals surface area contributed by atoms with Gasteiger partial charge in [0.2, 0.25) is 0 Å². The number of benzene rings is 2. The lowest BCUT2D eigenvalue weighted by Gasteiger charge is -2.18. The first kappa shape index (κ1) is 19.0. The number of alkyl halides is 3. The number of hydrogen-bond donors (Lipinski definition) is 0. The Morgan fingerprint density at radius 1 is 1.04 bits per heavy atom. The molecule has 27 heavy (non-hydrogen) atoms. The first-order valence-corrected chi connectivity index (χ1v) is 8.71. The maximum Gasteiger partial charge on any atom is 0.573 e. The first-order chi connectivity index (χ1) is 12.9. The van der Waals surface area contributed by atoms with Crippen molar-refractivity contribution in [3.63, 3.8) is 0 Å². The SMILES string of the molecule is CCCC1=CCc2c(ccc(C#Cc3ccc(OC(F)(F)F)cc3)c2F)C1. The Hall–Kier alpha value is -2.74. The molecule has 0 saturated carbocycles. The molecule has 0 fully saturated rings. The summed E-state index contributed by atoms with van der Waals surface area (Å²) in [7, 11) is 0. The molecule has 2 aromatic carbocycles. The average Bonchev–Trinajstić information content (AvgIpc) is 2.61. The van der Waals surface area contributed by atoms with E-state index in [1.807, 2.05) is 6.07 Å². The van der Waals surface area contributed by atoms with Crippen molar-refractivity contribution in [3.05, 3.63) is 76.1 Å². The highest BCUT2D eigenvalue weighted by atomic mass is 19.4. The van der Waals surface area contributed by atoms with Gasteiger partial charge in [-0.1, -0.05) is 42.9 Å². The smallest absolute Gasteiger partial charge is 0.406 e. The van der Waals surface area contributed by atoms with Gasteiger partial charge in [0, 0.05) is 5.56 Å². The number of halogens is 4. The lowest BCUT2D eigenvalue weighted by Crippen LogP contribution is -2.16. The van der Waals surface area contributed by atoms with E-state index < -0.39 is 6.36 Å². The minimum atomic E-state index is -4.73. The number of fused-ring (bicyclic) bond motifs is 1. The molecule has 2 aromatic rings. The summed E-state index contributed by atoms with van der Waals surface area (Å²) in [5, 5.41) is 0. The zero-order valence-electron chi connectivity index (χ0n) is 14.8. The first-order valence-electron chi connectivity index (χ1n) is 8.71. The van der Waals surface area contributed by atoms with Crippen molar-refractivity contribution in [1.29, 1.82) is 0 Å². The zero-order chi connectivity index (χ0) is 19.4. The van der Waals surface area contributed by atoms with Crippen molar-refractivity contribution in [2.75, 3.05) is 0 Å². The molecule has 1 aliphatic carbocycles. The fourth-order valence-electron chi connectivity index (χ4n) is 3.10. The summed E-state index contributed by atoms with van der Waals surface area (Å²) in [5.74, 6) is 4.93. The van der Waals surface area contributed by atoms with Crippen molar-refractivity contribution < 1.29 is 22.3 Å². The molecule has 0 spiro atoms. The highest BCUT2D eigenvalue weighted by Crippen LogP contribution is 2.27. The van der Waals surface area contributed by atoms with Crippen LogP contribution in [0.1, 0.15) is 42.0 Å². The number of allylic oxidation sites excluding steroid dienone is 2. The molecule has 0 aliphatic heterocycles. The summed E-state index contributed by atoms with van der Waals surface area (Å²) in [5.41, 5.74) is 3.78. The van der Waals surface area contributed by atoms with Crippen molar-refractivity contribution in [1.82, 2.24) is 0 Å². The molecule has 0 saturated heterocycles. The molecule has 0 radical (unpaired) electrons. The van der Waals surface area contributed by atoms with E-state index in [0.717, 1.165) is 24.8 Å². The normalized spacial score (nSPS) is 13.3. The molecule has 0 unspecified atom stereocenters. The van der Waals surface area contributed by atoms with Crippen LogP contribution in [0.15, 0.2) is 48.0 Å². The minimum Gasteiger partial charge on any atom is -0.406 e. The fraction of sp³-hybridized carbons (Fsp3) is 0.273. The van der Waals surface area contributed by atoms with Crippen LogP contribution in [0, 0.1) is 17.7 Å². The topological polar surface area (TPSA) is 9.23 Å². The molecule has 0 aromatic heterocycles. The molecule has 140 valence electrons. The van der Waals surface area contributed by atoms with Gasteiger partial charge in [0.05, 0.1) is 5.56 Å². The standard InChI is InChI=1S/C22H18F4O/c1-2-3-16-7-13-20-18(14-16)10-9-17(21(20)23)8-4-15-5-11-19(12-6-15)27-22(24,25)26/h5-7,9-12H,2-3,13-14H2,1H3. The van der Waals surface area contributed by atoms with E-state index >= 15 is 0 Å². The van der Waals surface area contributed by atoms with E-state index in [9.17, 15) is 17.6 Å². The van der Waals surface area contributed by atoms with Crippen molar-refractivity contribution in [2.24, 2.45) is 0 Å².